The summed E-state index contributed by atoms with van der Waals surface area (Å²) in [5, 5.41) is 0. The molecule has 0 bridgehead atoms. The highest BCUT2D eigenvalue weighted by molar-refractivity contribution is 7.97. The molecule has 1 aliphatic rings. The third-order valence-corrected chi connectivity index (χ3v) is 4.95. The highest BCUT2D eigenvalue weighted by Crippen LogP contribution is 2.40. The minimum Gasteiger partial charge on any atom is -0.239 e. The minimum atomic E-state index is -2.29. The summed E-state index contributed by atoms with van der Waals surface area (Å²) >= 11 is 0.176. The van der Waals surface area contributed by atoms with Crippen LogP contribution in [-0.4, -0.2) is 10.3 Å². The lowest BCUT2D eigenvalue weighted by atomic mass is 10.2. The topological polar surface area (TPSA) is 3.24 Å². The van der Waals surface area contributed by atoms with Crippen molar-refractivity contribution in [2.24, 2.45) is 0 Å². The number of rotatable bonds is 5. The fourth-order valence-corrected chi connectivity index (χ4v) is 3.39. The van der Waals surface area contributed by atoms with Crippen LogP contribution in [0.5, 0.6) is 0 Å². The first-order valence-electron chi connectivity index (χ1n) is 7.30. The number of hydrogen-bond acceptors (Lipinski definition) is 2. The van der Waals surface area contributed by atoms with Gasteiger partial charge in [0.1, 0.15) is 22.3 Å². The van der Waals surface area contributed by atoms with Crippen LogP contribution in [0.1, 0.15) is 18.4 Å². The molecule has 1 fully saturated rings. The predicted molar refractivity (Wildman–Crippen MR) is 77.0 cm³/mol. The molecule has 10 heteroatoms. The van der Waals surface area contributed by atoms with Crippen molar-refractivity contribution >= 4 is 11.9 Å². The molecule has 0 unspecified atom stereocenters. The summed E-state index contributed by atoms with van der Waals surface area (Å²) in [5.74, 6) is -14.2. The average molecular weight is 399 g/mol. The van der Waals surface area contributed by atoms with Gasteiger partial charge >= 0.3 is 0 Å². The fraction of sp³-hybridized carbons (Fsp3) is 0.250. The molecule has 1 nitrogen and oxygen atoms in total. The van der Waals surface area contributed by atoms with Crippen LogP contribution < -0.4 is 0 Å². The molecule has 2 aromatic rings. The van der Waals surface area contributed by atoms with Gasteiger partial charge in [0.2, 0.25) is 5.82 Å². The number of halogens is 8. The molecule has 3 rings (SSSR count). The van der Waals surface area contributed by atoms with Crippen LogP contribution >= 0.6 is 11.9 Å². The Kier molecular flexibility index (Phi) is 5.16. The monoisotopic (exact) mass is 399 g/mol. The molecule has 0 radical (unpaired) electrons. The van der Waals surface area contributed by atoms with Crippen LogP contribution in [0, 0.1) is 46.5 Å². The normalized spacial score (nSPS) is 14.3. The Balaban J connectivity index is 1.95. The van der Waals surface area contributed by atoms with E-state index in [9.17, 15) is 35.1 Å². The third kappa shape index (κ3) is 3.52. The fourth-order valence-electron chi connectivity index (χ4n) is 2.26. The maximum atomic E-state index is 13.8. The van der Waals surface area contributed by atoms with E-state index in [0.29, 0.717) is 25.0 Å². The molecule has 140 valence electrons. The van der Waals surface area contributed by atoms with Crippen molar-refractivity contribution in [3.63, 3.8) is 0 Å². The van der Waals surface area contributed by atoms with Crippen molar-refractivity contribution in [1.82, 2.24) is 4.31 Å². The number of hydrogen-bond donors (Lipinski definition) is 0. The lowest BCUT2D eigenvalue weighted by Crippen LogP contribution is -2.20. The smallest absolute Gasteiger partial charge is 0.200 e. The summed E-state index contributed by atoms with van der Waals surface area (Å²) in [6.45, 7) is -0.549. The first-order chi connectivity index (χ1) is 12.2. The van der Waals surface area contributed by atoms with Gasteiger partial charge in [0, 0.05) is 30.3 Å². The summed E-state index contributed by atoms with van der Waals surface area (Å²) in [7, 11) is 0. The second-order valence-corrected chi connectivity index (χ2v) is 6.70. The Labute approximate surface area is 146 Å². The largest absolute Gasteiger partial charge is 0.239 e. The molecule has 1 aliphatic carbocycles. The zero-order chi connectivity index (χ0) is 19.2. The molecule has 0 heterocycles. The second kappa shape index (κ2) is 7.07. The van der Waals surface area contributed by atoms with Crippen molar-refractivity contribution < 1.29 is 35.1 Å². The van der Waals surface area contributed by atoms with Gasteiger partial charge in [-0.1, -0.05) is 0 Å². The predicted octanol–water partition coefficient (Wildman–Crippen LogP) is 5.47. The van der Waals surface area contributed by atoms with Crippen molar-refractivity contribution in [1.29, 1.82) is 0 Å². The average Bonchev–Trinajstić information content (AvgIpc) is 3.41. The number of benzene rings is 2. The molecule has 0 atom stereocenters. The maximum Gasteiger partial charge on any atom is 0.200 e. The maximum absolute atomic E-state index is 13.8. The van der Waals surface area contributed by atoms with Crippen molar-refractivity contribution in [3.8, 4) is 0 Å². The summed E-state index contributed by atoms with van der Waals surface area (Å²) in [6.07, 6.45) is 1.01. The van der Waals surface area contributed by atoms with E-state index in [-0.39, 0.29) is 18.0 Å². The molecule has 0 amide bonds. The van der Waals surface area contributed by atoms with Gasteiger partial charge in [0.15, 0.2) is 23.3 Å². The van der Waals surface area contributed by atoms with Crippen LogP contribution in [-0.2, 0) is 6.54 Å². The standard InChI is InChI=1S/C16H9F8NS/c17-6-3-9(18)8(10(19)4-6)5-25(7-1-2-7)26-16-14(23)12(21)11(20)13(22)15(16)24/h3-4,7H,1-2,5H2. The molecular weight excluding hydrogens is 390 g/mol. The van der Waals surface area contributed by atoms with E-state index in [0.717, 1.165) is 4.31 Å². The Bertz CT molecular complexity index is 816. The van der Waals surface area contributed by atoms with E-state index < -0.39 is 63.5 Å². The minimum absolute atomic E-state index is 0.176. The summed E-state index contributed by atoms with van der Waals surface area (Å²) in [4.78, 5) is -1.17. The van der Waals surface area contributed by atoms with Gasteiger partial charge in [-0.15, -0.1) is 0 Å². The highest BCUT2D eigenvalue weighted by atomic mass is 32.2. The second-order valence-electron chi connectivity index (χ2n) is 5.64. The van der Waals surface area contributed by atoms with Gasteiger partial charge in [-0.05, 0) is 24.8 Å². The zero-order valence-corrected chi connectivity index (χ0v) is 13.5. The summed E-state index contributed by atoms with van der Waals surface area (Å²) in [5.41, 5.74) is -0.574. The molecule has 0 saturated heterocycles. The van der Waals surface area contributed by atoms with Gasteiger partial charge in [-0.25, -0.2) is 39.4 Å². The lowest BCUT2D eigenvalue weighted by Gasteiger charge is -2.22. The van der Waals surface area contributed by atoms with E-state index in [4.69, 9.17) is 0 Å². The first kappa shape index (κ1) is 19.0. The van der Waals surface area contributed by atoms with E-state index in [1.54, 1.807) is 0 Å². The zero-order valence-electron chi connectivity index (χ0n) is 12.7. The number of nitrogens with zero attached hydrogens (tertiary/aromatic N) is 1. The third-order valence-electron chi connectivity index (χ3n) is 3.75. The molecule has 0 aromatic heterocycles. The van der Waals surface area contributed by atoms with Crippen LogP contribution in [0.15, 0.2) is 17.0 Å². The summed E-state index contributed by atoms with van der Waals surface area (Å²) < 4.78 is 109. The van der Waals surface area contributed by atoms with E-state index in [2.05, 4.69) is 0 Å². The van der Waals surface area contributed by atoms with Crippen molar-refractivity contribution in [2.75, 3.05) is 0 Å². The highest BCUT2D eigenvalue weighted by Gasteiger charge is 2.35. The molecular formula is C16H9F8NS. The molecule has 2 aromatic carbocycles. The van der Waals surface area contributed by atoms with Crippen LogP contribution in [0.2, 0.25) is 0 Å². The van der Waals surface area contributed by atoms with E-state index >= 15 is 0 Å². The van der Waals surface area contributed by atoms with Crippen LogP contribution in [0.25, 0.3) is 0 Å². The van der Waals surface area contributed by atoms with E-state index in [1.165, 1.54) is 0 Å². The Hall–Kier alpha value is -1.81. The van der Waals surface area contributed by atoms with Gasteiger partial charge in [-0.2, -0.15) is 0 Å². The van der Waals surface area contributed by atoms with E-state index in [1.807, 2.05) is 0 Å². The molecule has 0 aliphatic heterocycles. The molecule has 26 heavy (non-hydrogen) atoms. The first-order valence-corrected chi connectivity index (χ1v) is 8.07. The summed E-state index contributed by atoms with van der Waals surface area (Å²) in [6, 6.07) is 0.498. The lowest BCUT2D eigenvalue weighted by molar-refractivity contribution is 0.357. The van der Waals surface area contributed by atoms with Crippen molar-refractivity contribution in [2.45, 2.75) is 30.3 Å². The van der Waals surface area contributed by atoms with Gasteiger partial charge in [0.25, 0.3) is 0 Å². The SMILES string of the molecule is Fc1cc(F)c(CN(Sc2c(F)c(F)c(F)c(F)c2F)C2CC2)c(F)c1. The molecule has 1 saturated carbocycles. The van der Waals surface area contributed by atoms with Crippen LogP contribution in [0.4, 0.5) is 35.1 Å². The molecule has 0 spiro atoms. The Morgan fingerprint density at radius 1 is 0.769 bits per heavy atom. The van der Waals surface area contributed by atoms with Crippen molar-refractivity contribution in [3.05, 3.63) is 64.2 Å². The van der Waals surface area contributed by atoms with Gasteiger partial charge < -0.3 is 0 Å². The Morgan fingerprint density at radius 3 is 1.69 bits per heavy atom. The van der Waals surface area contributed by atoms with Crippen LogP contribution in [0.3, 0.4) is 0 Å². The van der Waals surface area contributed by atoms with Gasteiger partial charge in [0.05, 0.1) is 0 Å². The molecule has 0 N–H and O–H groups in total. The van der Waals surface area contributed by atoms with Gasteiger partial charge in [-0.3, -0.25) is 0 Å². The Morgan fingerprint density at radius 2 is 1.23 bits per heavy atom. The quantitative estimate of drug-likeness (QED) is 0.284.